The summed E-state index contributed by atoms with van der Waals surface area (Å²) < 4.78 is 10.5. The Morgan fingerprint density at radius 2 is 1.96 bits per heavy atom. The minimum absolute atomic E-state index is 0.0458. The van der Waals surface area contributed by atoms with Gasteiger partial charge in [0, 0.05) is 18.0 Å². The molecule has 0 aliphatic carbocycles. The minimum atomic E-state index is -0.550. The number of hydrogen-bond acceptors (Lipinski definition) is 4. The molecule has 0 atom stereocenters. The van der Waals surface area contributed by atoms with Gasteiger partial charge in [-0.2, -0.15) is 0 Å². The van der Waals surface area contributed by atoms with Crippen LogP contribution in [0.1, 0.15) is 26.3 Å². The summed E-state index contributed by atoms with van der Waals surface area (Å²) in [5, 5.41) is 2.72. The van der Waals surface area contributed by atoms with Crippen molar-refractivity contribution in [3.8, 4) is 11.5 Å². The predicted octanol–water partition coefficient (Wildman–Crippen LogP) is 2.72. The van der Waals surface area contributed by atoms with E-state index in [2.05, 4.69) is 5.32 Å². The second-order valence-electron chi connectivity index (χ2n) is 5.99. The molecule has 0 saturated heterocycles. The van der Waals surface area contributed by atoms with Gasteiger partial charge in [0.1, 0.15) is 5.78 Å². The van der Waals surface area contributed by atoms with Crippen LogP contribution >= 0.6 is 0 Å². The van der Waals surface area contributed by atoms with Crippen molar-refractivity contribution in [2.75, 3.05) is 13.3 Å². The number of benzene rings is 1. The van der Waals surface area contributed by atoms with Gasteiger partial charge in [0.05, 0.1) is 0 Å². The summed E-state index contributed by atoms with van der Waals surface area (Å²) in [4.78, 5) is 23.1. The second-order valence-corrected chi connectivity index (χ2v) is 5.99. The van der Waals surface area contributed by atoms with Gasteiger partial charge >= 0.3 is 0 Å². The van der Waals surface area contributed by atoms with E-state index in [4.69, 9.17) is 9.47 Å². The van der Waals surface area contributed by atoms with Crippen LogP contribution in [-0.2, 0) is 9.59 Å². The van der Waals surface area contributed by atoms with Crippen LogP contribution in [0.15, 0.2) is 36.4 Å². The molecule has 1 aliphatic rings. The van der Waals surface area contributed by atoms with Crippen molar-refractivity contribution in [2.45, 2.75) is 20.8 Å². The molecule has 0 bridgehead atoms. The summed E-state index contributed by atoms with van der Waals surface area (Å²) >= 11 is 0. The number of allylic oxidation sites excluding steroid dienone is 2. The highest BCUT2D eigenvalue weighted by molar-refractivity contribution is 5.89. The number of nitrogens with one attached hydrogen (secondary N) is 1. The van der Waals surface area contributed by atoms with E-state index in [0.717, 1.165) is 17.1 Å². The average Bonchev–Trinajstić information content (AvgIpc) is 2.97. The van der Waals surface area contributed by atoms with Gasteiger partial charge in [-0.05, 0) is 24.6 Å². The van der Waals surface area contributed by atoms with E-state index in [1.807, 2.05) is 24.3 Å². The van der Waals surface area contributed by atoms with Crippen LogP contribution in [0.2, 0.25) is 0 Å². The lowest BCUT2D eigenvalue weighted by molar-refractivity contribution is -0.125. The molecule has 1 aromatic carbocycles. The molecule has 23 heavy (non-hydrogen) atoms. The van der Waals surface area contributed by atoms with Crippen molar-refractivity contribution >= 4 is 17.8 Å². The Morgan fingerprint density at radius 1 is 1.22 bits per heavy atom. The molecule has 0 saturated carbocycles. The molecule has 5 heteroatoms. The number of Topliss-reactive ketones (excluding diaryl/α,β-unsaturated/α-hetero) is 1. The van der Waals surface area contributed by atoms with Gasteiger partial charge in [-0.3, -0.25) is 9.59 Å². The molecule has 0 aromatic heterocycles. The normalized spacial score (nSPS) is 13.7. The van der Waals surface area contributed by atoms with Crippen LogP contribution in [0.25, 0.3) is 6.08 Å². The van der Waals surface area contributed by atoms with Gasteiger partial charge < -0.3 is 14.8 Å². The lowest BCUT2D eigenvalue weighted by Gasteiger charge is -2.20. The molecule has 1 N–H and O–H groups in total. The lowest BCUT2D eigenvalue weighted by atomic mass is 9.89. The van der Waals surface area contributed by atoms with E-state index in [1.165, 1.54) is 13.0 Å². The van der Waals surface area contributed by atoms with E-state index < -0.39 is 5.41 Å². The SMILES string of the molecule is CC(=O)C(C)(C)CNC(=O)/C=C/C=C/c1ccc2c(c1)OCO2. The van der Waals surface area contributed by atoms with E-state index in [-0.39, 0.29) is 18.5 Å². The number of amides is 1. The summed E-state index contributed by atoms with van der Waals surface area (Å²) in [7, 11) is 0. The molecular weight excluding hydrogens is 294 g/mol. The number of ether oxygens (including phenoxy) is 2. The number of ketones is 1. The van der Waals surface area contributed by atoms with E-state index in [9.17, 15) is 9.59 Å². The number of carbonyl (C=O) groups excluding carboxylic acids is 2. The van der Waals surface area contributed by atoms with Crippen molar-refractivity contribution in [1.29, 1.82) is 0 Å². The summed E-state index contributed by atoms with van der Waals surface area (Å²) in [6, 6.07) is 5.64. The Hall–Kier alpha value is -2.56. The molecule has 5 nitrogen and oxygen atoms in total. The van der Waals surface area contributed by atoms with Crippen molar-refractivity contribution in [3.05, 3.63) is 42.0 Å². The Labute approximate surface area is 136 Å². The Kier molecular flexibility index (Phi) is 5.21. The zero-order valence-electron chi connectivity index (χ0n) is 13.6. The van der Waals surface area contributed by atoms with Crippen LogP contribution in [-0.4, -0.2) is 25.0 Å². The first-order valence-corrected chi connectivity index (χ1v) is 7.42. The van der Waals surface area contributed by atoms with Crippen molar-refractivity contribution in [3.63, 3.8) is 0 Å². The first kappa shape index (κ1) is 16.8. The molecule has 0 fully saturated rings. The van der Waals surface area contributed by atoms with Gasteiger partial charge in [-0.15, -0.1) is 0 Å². The lowest BCUT2D eigenvalue weighted by Crippen LogP contribution is -2.37. The highest BCUT2D eigenvalue weighted by atomic mass is 16.7. The maximum absolute atomic E-state index is 11.7. The van der Waals surface area contributed by atoms with E-state index >= 15 is 0 Å². The molecule has 0 unspecified atom stereocenters. The zero-order valence-corrected chi connectivity index (χ0v) is 13.6. The molecule has 0 spiro atoms. The molecule has 0 radical (unpaired) electrons. The molecule has 1 aliphatic heterocycles. The first-order chi connectivity index (χ1) is 10.9. The standard InChI is InChI=1S/C18H21NO4/c1-13(20)18(2,3)11-19-17(21)7-5-4-6-14-8-9-15-16(10-14)23-12-22-15/h4-10H,11-12H2,1-3H3,(H,19,21)/b6-4+,7-5+. The third kappa shape index (κ3) is 4.71. The van der Waals surface area contributed by atoms with Crippen molar-refractivity contribution in [1.82, 2.24) is 5.32 Å². The fraction of sp³-hybridized carbons (Fsp3) is 0.333. The predicted molar refractivity (Wildman–Crippen MR) is 88.2 cm³/mol. The topological polar surface area (TPSA) is 64.6 Å². The summed E-state index contributed by atoms with van der Waals surface area (Å²) in [6.45, 7) is 5.70. The third-order valence-corrected chi connectivity index (χ3v) is 3.70. The smallest absolute Gasteiger partial charge is 0.244 e. The van der Waals surface area contributed by atoms with Gasteiger partial charge in [0.2, 0.25) is 12.7 Å². The maximum atomic E-state index is 11.7. The van der Waals surface area contributed by atoms with Crippen LogP contribution in [0.5, 0.6) is 11.5 Å². The van der Waals surface area contributed by atoms with Gasteiger partial charge in [-0.25, -0.2) is 0 Å². The number of hydrogen-bond donors (Lipinski definition) is 1. The molecule has 122 valence electrons. The van der Waals surface area contributed by atoms with Gasteiger partial charge in [0.15, 0.2) is 11.5 Å². The van der Waals surface area contributed by atoms with Crippen LogP contribution < -0.4 is 14.8 Å². The number of rotatable bonds is 6. The highest BCUT2D eigenvalue weighted by Gasteiger charge is 2.23. The van der Waals surface area contributed by atoms with Gasteiger partial charge in [0.25, 0.3) is 0 Å². The van der Waals surface area contributed by atoms with E-state index in [1.54, 1.807) is 26.0 Å². The molecule has 1 aromatic rings. The summed E-state index contributed by atoms with van der Waals surface area (Å²) in [5.74, 6) is 1.28. The van der Waals surface area contributed by atoms with E-state index in [0.29, 0.717) is 6.54 Å². The zero-order chi connectivity index (χ0) is 16.9. The molecule has 1 amide bonds. The van der Waals surface area contributed by atoms with Crippen LogP contribution in [0.4, 0.5) is 0 Å². The summed E-state index contributed by atoms with van der Waals surface area (Å²) in [6.07, 6.45) is 6.72. The molecule has 2 rings (SSSR count). The monoisotopic (exact) mass is 315 g/mol. The highest BCUT2D eigenvalue weighted by Crippen LogP contribution is 2.32. The average molecular weight is 315 g/mol. The van der Waals surface area contributed by atoms with Crippen LogP contribution in [0.3, 0.4) is 0 Å². The fourth-order valence-corrected chi connectivity index (χ4v) is 1.82. The summed E-state index contributed by atoms with van der Waals surface area (Å²) in [5.41, 5.74) is 0.406. The van der Waals surface area contributed by atoms with Crippen molar-refractivity contribution in [2.24, 2.45) is 5.41 Å². The quantitative estimate of drug-likeness (QED) is 0.647. The second kappa shape index (κ2) is 7.13. The Morgan fingerprint density at radius 3 is 2.70 bits per heavy atom. The Bertz CT molecular complexity index is 659. The van der Waals surface area contributed by atoms with Crippen LogP contribution in [0, 0.1) is 5.41 Å². The Balaban J connectivity index is 1.84. The molecule has 1 heterocycles. The number of fused-ring (bicyclic) bond motifs is 1. The largest absolute Gasteiger partial charge is 0.454 e. The number of carbonyl (C=O) groups is 2. The fourth-order valence-electron chi connectivity index (χ4n) is 1.82. The van der Waals surface area contributed by atoms with Crippen molar-refractivity contribution < 1.29 is 19.1 Å². The van der Waals surface area contributed by atoms with Gasteiger partial charge in [-0.1, -0.05) is 38.1 Å². The molecular formula is C18H21NO4. The maximum Gasteiger partial charge on any atom is 0.244 e. The minimum Gasteiger partial charge on any atom is -0.454 e. The third-order valence-electron chi connectivity index (χ3n) is 3.70. The first-order valence-electron chi connectivity index (χ1n) is 7.42.